The van der Waals surface area contributed by atoms with E-state index in [2.05, 4.69) is 58.4 Å². The van der Waals surface area contributed by atoms with Crippen molar-refractivity contribution in [2.24, 2.45) is 0 Å². The van der Waals surface area contributed by atoms with Gasteiger partial charge >= 0.3 is 11.9 Å². The van der Waals surface area contributed by atoms with Crippen LogP contribution >= 0.6 is 50.2 Å². The quantitative estimate of drug-likeness (QED) is 0.108. The smallest absolute Gasteiger partial charge is 0.338 e. The molecule has 0 fully saturated rings. The third-order valence-electron chi connectivity index (χ3n) is 8.05. The first-order valence-electron chi connectivity index (χ1n) is 16.4. The van der Waals surface area contributed by atoms with Crippen molar-refractivity contribution in [2.45, 2.75) is 25.6 Å². The number of fused-ring (bicyclic) bond motifs is 2. The van der Waals surface area contributed by atoms with Gasteiger partial charge in [0.25, 0.3) is 0 Å². The maximum absolute atomic E-state index is 13.4. The summed E-state index contributed by atoms with van der Waals surface area (Å²) < 4.78 is 26.0. The number of hydrogen-bond acceptors (Lipinski definition) is 6. The Labute approximate surface area is 317 Å². The molecule has 5 aromatic carbocycles. The number of thiophene rings is 2. The number of hydrogen-bond donors (Lipinski definition) is 0. The van der Waals surface area contributed by atoms with E-state index in [-0.39, 0.29) is 17.0 Å². The standard InChI is InChI=1S/C24H18ClFO2S.C18H15BrO2S/c1-2-28-24(27)18-7-3-5-16(13-18)20-8-4-6-17-14-19(29-23(17)20)11-15-9-10-22(26)21(25)12-15;1-2-21-18(20)14-7-3-5-12(9-14)16-8-4-6-13-10-15(11-19)22-17(13)16/h3-10,12-14H,2,11H2,1H3;3-10H,2,11H2,1H3. The second kappa shape index (κ2) is 16.8. The van der Waals surface area contributed by atoms with Crippen LogP contribution in [0.15, 0.2) is 115 Å². The first kappa shape index (κ1) is 36.5. The summed E-state index contributed by atoms with van der Waals surface area (Å²) in [6.07, 6.45) is 0.682. The van der Waals surface area contributed by atoms with Crippen molar-refractivity contribution in [1.29, 1.82) is 0 Å². The van der Waals surface area contributed by atoms with Gasteiger partial charge in [-0.15, -0.1) is 22.7 Å². The minimum absolute atomic E-state index is 0.139. The zero-order chi connectivity index (χ0) is 35.9. The second-order valence-corrected chi connectivity index (χ2v) is 14.8. The molecule has 0 N–H and O–H groups in total. The molecule has 0 saturated heterocycles. The van der Waals surface area contributed by atoms with Crippen molar-refractivity contribution in [3.63, 3.8) is 0 Å². The van der Waals surface area contributed by atoms with E-state index in [9.17, 15) is 14.0 Å². The van der Waals surface area contributed by atoms with Crippen LogP contribution in [0.25, 0.3) is 42.4 Å². The Morgan fingerprint density at radius 1 is 0.667 bits per heavy atom. The van der Waals surface area contributed by atoms with Gasteiger partial charge in [-0.25, -0.2) is 14.0 Å². The largest absolute Gasteiger partial charge is 0.462 e. The van der Waals surface area contributed by atoms with Crippen molar-refractivity contribution in [2.75, 3.05) is 13.2 Å². The number of carbonyl (C=O) groups excluding carboxylic acids is 2. The fraction of sp³-hybridized carbons (Fsp3) is 0.143. The van der Waals surface area contributed by atoms with Crippen molar-refractivity contribution < 1.29 is 23.5 Å². The van der Waals surface area contributed by atoms with Crippen LogP contribution in [0.4, 0.5) is 4.39 Å². The molecule has 2 heterocycles. The van der Waals surface area contributed by atoms with Gasteiger partial charge in [-0.2, -0.15) is 0 Å². The van der Waals surface area contributed by atoms with Gasteiger partial charge in [-0.05, 0) is 101 Å². The number of esters is 2. The lowest BCUT2D eigenvalue weighted by molar-refractivity contribution is 0.0517. The molecule has 0 saturated carbocycles. The number of carbonyl (C=O) groups is 2. The minimum atomic E-state index is -0.407. The van der Waals surface area contributed by atoms with E-state index in [0.29, 0.717) is 30.8 Å². The highest BCUT2D eigenvalue weighted by Crippen LogP contribution is 2.37. The molecule has 0 atom stereocenters. The molecule has 0 aliphatic carbocycles. The highest BCUT2D eigenvalue weighted by Gasteiger charge is 2.14. The first-order chi connectivity index (χ1) is 24.8. The number of benzene rings is 5. The maximum Gasteiger partial charge on any atom is 0.338 e. The fourth-order valence-corrected chi connectivity index (χ4v) is 8.73. The average molecular weight is 800 g/mol. The number of halogens is 3. The Morgan fingerprint density at radius 3 is 1.69 bits per heavy atom. The summed E-state index contributed by atoms with van der Waals surface area (Å²) in [5.41, 5.74) is 6.34. The Hall–Kier alpha value is -4.34. The van der Waals surface area contributed by atoms with Gasteiger partial charge < -0.3 is 9.47 Å². The van der Waals surface area contributed by atoms with Crippen LogP contribution in [0, 0.1) is 5.82 Å². The maximum atomic E-state index is 13.4. The molecule has 258 valence electrons. The van der Waals surface area contributed by atoms with Crippen LogP contribution in [0.5, 0.6) is 0 Å². The molecular weight excluding hydrogens is 767 g/mol. The molecule has 2 aromatic heterocycles. The fourth-order valence-electron chi connectivity index (χ4n) is 5.75. The summed E-state index contributed by atoms with van der Waals surface area (Å²) in [6, 6.07) is 36.7. The Bertz CT molecular complexity index is 2350. The number of ether oxygens (including phenoxy) is 2. The highest BCUT2D eigenvalue weighted by atomic mass is 79.9. The Kier molecular flexibility index (Phi) is 12.0. The molecule has 0 aliphatic rings. The molecule has 4 nitrogen and oxygen atoms in total. The highest BCUT2D eigenvalue weighted by molar-refractivity contribution is 9.08. The first-order valence-corrected chi connectivity index (χ1v) is 19.5. The third kappa shape index (κ3) is 8.59. The topological polar surface area (TPSA) is 52.6 Å². The molecular formula is C42H33BrClFO4S2. The Morgan fingerprint density at radius 2 is 1.18 bits per heavy atom. The third-order valence-corrected chi connectivity index (χ3v) is 11.7. The van der Waals surface area contributed by atoms with E-state index in [0.717, 1.165) is 48.1 Å². The van der Waals surface area contributed by atoms with Gasteiger partial charge in [0.15, 0.2) is 0 Å². The van der Waals surface area contributed by atoms with Gasteiger partial charge in [0.1, 0.15) is 5.82 Å². The van der Waals surface area contributed by atoms with Gasteiger partial charge in [-0.1, -0.05) is 94.3 Å². The van der Waals surface area contributed by atoms with E-state index < -0.39 is 5.82 Å². The van der Waals surface area contributed by atoms with E-state index in [1.54, 1.807) is 53.9 Å². The lowest BCUT2D eigenvalue weighted by atomic mass is 10.0. The molecule has 9 heteroatoms. The number of rotatable bonds is 9. The molecule has 7 aromatic rings. The summed E-state index contributed by atoms with van der Waals surface area (Å²) in [4.78, 5) is 26.5. The zero-order valence-electron chi connectivity index (χ0n) is 27.9. The van der Waals surface area contributed by atoms with Gasteiger partial charge in [-0.3, -0.25) is 0 Å². The summed E-state index contributed by atoms with van der Waals surface area (Å²) in [5.74, 6) is -0.999. The van der Waals surface area contributed by atoms with E-state index in [4.69, 9.17) is 21.1 Å². The van der Waals surface area contributed by atoms with Crippen LogP contribution in [0.3, 0.4) is 0 Å². The van der Waals surface area contributed by atoms with Gasteiger partial charge in [0.2, 0.25) is 0 Å². The minimum Gasteiger partial charge on any atom is -0.462 e. The molecule has 0 radical (unpaired) electrons. The van der Waals surface area contributed by atoms with E-state index in [1.165, 1.54) is 21.0 Å². The Balaban J connectivity index is 0.000000183. The van der Waals surface area contributed by atoms with Gasteiger partial charge in [0, 0.05) is 30.9 Å². The SMILES string of the molecule is CCOC(=O)c1cccc(-c2cccc3cc(CBr)sc23)c1.CCOC(=O)c1cccc(-c2cccc3cc(Cc4ccc(F)c(Cl)c4)sc23)c1. The van der Waals surface area contributed by atoms with Crippen LogP contribution in [0.1, 0.15) is 49.9 Å². The van der Waals surface area contributed by atoms with Gasteiger partial charge in [0.05, 0.1) is 29.4 Å². The predicted octanol–water partition coefficient (Wildman–Crippen LogP) is 12.8. The normalized spacial score (nSPS) is 10.9. The molecule has 0 bridgehead atoms. The van der Waals surface area contributed by atoms with Crippen molar-refractivity contribution in [3.05, 3.63) is 153 Å². The van der Waals surface area contributed by atoms with Crippen molar-refractivity contribution >= 4 is 82.3 Å². The lowest BCUT2D eigenvalue weighted by Crippen LogP contribution is -2.04. The molecule has 0 spiro atoms. The molecule has 0 unspecified atom stereocenters. The number of alkyl halides is 1. The molecule has 0 amide bonds. The van der Waals surface area contributed by atoms with Crippen LogP contribution in [-0.4, -0.2) is 25.2 Å². The summed E-state index contributed by atoms with van der Waals surface area (Å²) in [7, 11) is 0. The summed E-state index contributed by atoms with van der Waals surface area (Å²) in [5, 5.41) is 3.37. The monoisotopic (exact) mass is 798 g/mol. The zero-order valence-corrected chi connectivity index (χ0v) is 31.9. The molecule has 0 aliphatic heterocycles. The molecule has 7 rings (SSSR count). The van der Waals surface area contributed by atoms with E-state index in [1.807, 2.05) is 49.4 Å². The molecule has 51 heavy (non-hydrogen) atoms. The lowest BCUT2D eigenvalue weighted by Gasteiger charge is -2.06. The van der Waals surface area contributed by atoms with Crippen LogP contribution < -0.4 is 0 Å². The van der Waals surface area contributed by atoms with Crippen LogP contribution in [-0.2, 0) is 21.2 Å². The summed E-state index contributed by atoms with van der Waals surface area (Å²) >= 11 is 12.9. The van der Waals surface area contributed by atoms with Crippen molar-refractivity contribution in [3.8, 4) is 22.3 Å². The summed E-state index contributed by atoms with van der Waals surface area (Å²) in [6.45, 7) is 4.35. The average Bonchev–Trinajstić information content (AvgIpc) is 3.77. The predicted molar refractivity (Wildman–Crippen MR) is 213 cm³/mol. The van der Waals surface area contributed by atoms with Crippen LogP contribution in [0.2, 0.25) is 5.02 Å². The van der Waals surface area contributed by atoms with Crippen molar-refractivity contribution in [1.82, 2.24) is 0 Å². The van der Waals surface area contributed by atoms with E-state index >= 15 is 0 Å². The second-order valence-electron chi connectivity index (χ2n) is 11.5.